The van der Waals surface area contributed by atoms with E-state index in [1.165, 1.54) is 24.0 Å². The van der Waals surface area contributed by atoms with Gasteiger partial charge in [-0.05, 0) is 68.3 Å². The molecule has 0 radical (unpaired) electrons. The quantitative estimate of drug-likeness (QED) is 0.673. The van der Waals surface area contributed by atoms with Gasteiger partial charge in [0.15, 0.2) is 5.79 Å². The molecule has 1 fully saturated rings. The monoisotopic (exact) mass is 385 g/mol. The van der Waals surface area contributed by atoms with Crippen molar-refractivity contribution in [2.24, 2.45) is 22.6 Å². The molecular weight excluding hydrogens is 350 g/mol. The summed E-state index contributed by atoms with van der Waals surface area (Å²) >= 11 is 0. The Balaban J connectivity index is 1.44. The number of hydrogen-bond acceptors (Lipinski definition) is 6. The highest BCUT2D eigenvalue weighted by molar-refractivity contribution is 5.73. The van der Waals surface area contributed by atoms with Crippen molar-refractivity contribution in [1.82, 2.24) is 15.5 Å². The maximum atomic E-state index is 6.62. The number of rotatable bonds is 7. The summed E-state index contributed by atoms with van der Waals surface area (Å²) in [6, 6.07) is 6.38. The molecule has 1 aromatic rings. The SMILES string of the molecule is COc1ccc(CNCC2CCC(C3(N)N=CC=C(N(C)C)N3)CC2)cc1C. The van der Waals surface area contributed by atoms with Gasteiger partial charge in [-0.25, -0.2) is 0 Å². The van der Waals surface area contributed by atoms with E-state index in [1.807, 2.05) is 37.4 Å². The number of ether oxygens (including phenoxy) is 1. The van der Waals surface area contributed by atoms with Gasteiger partial charge < -0.3 is 20.3 Å². The van der Waals surface area contributed by atoms with Crippen molar-refractivity contribution in [2.75, 3.05) is 27.7 Å². The summed E-state index contributed by atoms with van der Waals surface area (Å²) in [5, 5.41) is 7.06. The van der Waals surface area contributed by atoms with Crippen molar-refractivity contribution in [1.29, 1.82) is 0 Å². The van der Waals surface area contributed by atoms with Gasteiger partial charge in [0.25, 0.3) is 0 Å². The molecule has 6 nitrogen and oxygen atoms in total. The van der Waals surface area contributed by atoms with Crippen LogP contribution in [0.15, 0.2) is 35.1 Å². The van der Waals surface area contributed by atoms with Gasteiger partial charge in [-0.15, -0.1) is 0 Å². The number of aryl methyl sites for hydroxylation is 1. The van der Waals surface area contributed by atoms with Crippen molar-refractivity contribution < 1.29 is 4.74 Å². The fourth-order valence-electron chi connectivity index (χ4n) is 4.26. The first kappa shape index (κ1) is 20.7. The van der Waals surface area contributed by atoms with Crippen molar-refractivity contribution in [3.8, 4) is 5.75 Å². The van der Waals surface area contributed by atoms with Crippen molar-refractivity contribution in [3.05, 3.63) is 41.2 Å². The molecule has 0 aromatic heterocycles. The van der Waals surface area contributed by atoms with Gasteiger partial charge in [-0.3, -0.25) is 10.7 Å². The lowest BCUT2D eigenvalue weighted by atomic mass is 9.78. The minimum atomic E-state index is -0.673. The predicted molar refractivity (Wildman–Crippen MR) is 115 cm³/mol. The summed E-state index contributed by atoms with van der Waals surface area (Å²) in [4.78, 5) is 6.62. The molecule has 1 saturated carbocycles. The fourth-order valence-corrected chi connectivity index (χ4v) is 4.26. The molecule has 1 heterocycles. The van der Waals surface area contributed by atoms with Crippen LogP contribution < -0.4 is 21.1 Å². The number of nitrogens with one attached hydrogen (secondary N) is 2. The number of nitrogens with two attached hydrogens (primary N) is 1. The number of allylic oxidation sites excluding steroid dienone is 1. The van der Waals surface area contributed by atoms with Crippen LogP contribution in [0.3, 0.4) is 0 Å². The topological polar surface area (TPSA) is 74.9 Å². The lowest BCUT2D eigenvalue weighted by Gasteiger charge is -2.42. The first-order chi connectivity index (χ1) is 13.4. The van der Waals surface area contributed by atoms with Crippen molar-refractivity contribution >= 4 is 6.21 Å². The number of benzene rings is 1. The normalized spacial score (nSPS) is 27.1. The van der Waals surface area contributed by atoms with E-state index in [1.54, 1.807) is 7.11 Å². The van der Waals surface area contributed by atoms with Crippen LogP contribution in [0.1, 0.15) is 36.8 Å². The zero-order chi connectivity index (χ0) is 20.1. The third-order valence-corrected chi connectivity index (χ3v) is 6.02. The van der Waals surface area contributed by atoms with Crippen LogP contribution in [-0.2, 0) is 6.54 Å². The molecule has 28 heavy (non-hydrogen) atoms. The maximum Gasteiger partial charge on any atom is 0.186 e. The molecule has 0 bridgehead atoms. The van der Waals surface area contributed by atoms with E-state index in [-0.39, 0.29) is 0 Å². The summed E-state index contributed by atoms with van der Waals surface area (Å²) in [6.45, 7) is 4.04. The highest BCUT2D eigenvalue weighted by Crippen LogP contribution is 2.35. The molecule has 1 atom stereocenters. The van der Waals surface area contributed by atoms with E-state index in [4.69, 9.17) is 10.5 Å². The molecule has 3 rings (SSSR count). The molecule has 6 heteroatoms. The van der Waals surface area contributed by atoms with Crippen LogP contribution >= 0.6 is 0 Å². The molecule has 4 N–H and O–H groups in total. The van der Waals surface area contributed by atoms with E-state index < -0.39 is 5.79 Å². The summed E-state index contributed by atoms with van der Waals surface area (Å²) in [7, 11) is 5.75. The van der Waals surface area contributed by atoms with Gasteiger partial charge in [0.05, 0.1) is 7.11 Å². The largest absolute Gasteiger partial charge is 0.496 e. The zero-order valence-corrected chi connectivity index (χ0v) is 17.7. The Morgan fingerprint density at radius 3 is 2.68 bits per heavy atom. The van der Waals surface area contributed by atoms with E-state index in [0.717, 1.165) is 37.5 Å². The molecule has 1 unspecified atom stereocenters. The maximum absolute atomic E-state index is 6.62. The Bertz CT molecular complexity index is 722. The van der Waals surface area contributed by atoms with E-state index in [2.05, 4.69) is 34.7 Å². The Morgan fingerprint density at radius 2 is 2.04 bits per heavy atom. The van der Waals surface area contributed by atoms with Gasteiger partial charge in [0, 0.05) is 32.8 Å². The van der Waals surface area contributed by atoms with Gasteiger partial charge in [0.2, 0.25) is 0 Å². The first-order valence-corrected chi connectivity index (χ1v) is 10.3. The molecule has 1 aliphatic heterocycles. The second kappa shape index (κ2) is 8.97. The second-order valence-electron chi connectivity index (χ2n) is 8.33. The Morgan fingerprint density at radius 1 is 1.29 bits per heavy atom. The highest BCUT2D eigenvalue weighted by Gasteiger charge is 2.38. The summed E-state index contributed by atoms with van der Waals surface area (Å²) in [5.74, 6) is 2.37. The second-order valence-corrected chi connectivity index (χ2v) is 8.33. The molecule has 1 aromatic carbocycles. The van der Waals surface area contributed by atoms with Crippen LogP contribution in [0.2, 0.25) is 0 Å². The molecule has 0 spiro atoms. The van der Waals surface area contributed by atoms with Gasteiger partial charge in [-0.2, -0.15) is 0 Å². The average molecular weight is 386 g/mol. The van der Waals surface area contributed by atoms with Crippen LogP contribution in [0, 0.1) is 18.8 Å². The first-order valence-electron chi connectivity index (χ1n) is 10.3. The minimum absolute atomic E-state index is 0.368. The van der Waals surface area contributed by atoms with Crippen LogP contribution in [0.4, 0.5) is 0 Å². The third-order valence-electron chi connectivity index (χ3n) is 6.02. The fraction of sp³-hybridized carbons (Fsp3) is 0.591. The van der Waals surface area contributed by atoms with Crippen LogP contribution in [0.5, 0.6) is 5.75 Å². The molecule has 2 aliphatic rings. The summed E-state index contributed by atoms with van der Waals surface area (Å²) in [5.41, 5.74) is 9.10. The lowest BCUT2D eigenvalue weighted by molar-refractivity contribution is 0.146. The zero-order valence-electron chi connectivity index (χ0n) is 17.7. The van der Waals surface area contributed by atoms with E-state index in [0.29, 0.717) is 11.8 Å². The molecule has 0 saturated heterocycles. The van der Waals surface area contributed by atoms with Crippen LogP contribution in [-0.4, -0.2) is 44.7 Å². The number of hydrogen-bond donors (Lipinski definition) is 3. The number of aliphatic imine (C=N–C) groups is 1. The minimum Gasteiger partial charge on any atom is -0.496 e. The average Bonchev–Trinajstić information content (AvgIpc) is 2.68. The van der Waals surface area contributed by atoms with Crippen molar-refractivity contribution in [2.45, 2.75) is 44.9 Å². The predicted octanol–water partition coefficient (Wildman–Crippen LogP) is 2.59. The standard InChI is InChI=1S/C22H35N5O/c1-16-13-18(7-10-20(16)28-4)15-24-14-17-5-8-19(9-6-17)22(23)25-12-11-21(26-22)27(2)3/h7,10-13,17,19,24,26H,5-6,8-9,14-15,23H2,1-4H3. The molecule has 0 amide bonds. The Kier molecular flexibility index (Phi) is 6.62. The lowest BCUT2D eigenvalue weighted by Crippen LogP contribution is -2.60. The van der Waals surface area contributed by atoms with Crippen molar-refractivity contribution in [3.63, 3.8) is 0 Å². The van der Waals surface area contributed by atoms with E-state index >= 15 is 0 Å². The number of methoxy groups -OCH3 is 1. The molecule has 154 valence electrons. The summed E-state index contributed by atoms with van der Waals surface area (Å²) in [6.07, 6.45) is 8.41. The summed E-state index contributed by atoms with van der Waals surface area (Å²) < 4.78 is 5.34. The highest BCUT2D eigenvalue weighted by atomic mass is 16.5. The van der Waals surface area contributed by atoms with Gasteiger partial charge in [-0.1, -0.05) is 12.1 Å². The van der Waals surface area contributed by atoms with Crippen LogP contribution in [0.25, 0.3) is 0 Å². The smallest absolute Gasteiger partial charge is 0.186 e. The molecule has 1 aliphatic carbocycles. The molecular formula is C22H35N5O. The Labute approximate surface area is 169 Å². The van der Waals surface area contributed by atoms with Gasteiger partial charge >= 0.3 is 0 Å². The van der Waals surface area contributed by atoms with Gasteiger partial charge in [0.1, 0.15) is 11.6 Å². The number of nitrogens with zero attached hydrogens (tertiary/aromatic N) is 2. The Hall–Kier alpha value is -2.05. The van der Waals surface area contributed by atoms with E-state index in [9.17, 15) is 0 Å². The third kappa shape index (κ3) is 4.86.